The molecule has 8 nitrogen and oxygen atoms in total. The zero-order valence-electron chi connectivity index (χ0n) is 14.2. The molecule has 3 rings (SSSR count). The summed E-state index contributed by atoms with van der Waals surface area (Å²) in [7, 11) is 0. The van der Waals surface area contributed by atoms with Gasteiger partial charge in [0.25, 0.3) is 5.91 Å². The van der Waals surface area contributed by atoms with Crippen LogP contribution >= 0.6 is 0 Å². The topological polar surface area (TPSA) is 130 Å². The molecule has 4 N–H and O–H groups in total. The Balaban J connectivity index is 1.67. The molecule has 0 bridgehead atoms. The highest BCUT2D eigenvalue weighted by molar-refractivity contribution is 6.05. The maximum absolute atomic E-state index is 12.8. The fourth-order valence-electron chi connectivity index (χ4n) is 3.30. The van der Waals surface area contributed by atoms with Gasteiger partial charge in [0.2, 0.25) is 11.8 Å². The van der Waals surface area contributed by atoms with E-state index in [2.05, 4.69) is 5.32 Å². The number of likely N-dealkylation sites (tertiary alicyclic amines) is 1. The van der Waals surface area contributed by atoms with Crippen LogP contribution in [-0.4, -0.2) is 46.8 Å². The molecule has 2 atom stereocenters. The van der Waals surface area contributed by atoms with E-state index >= 15 is 0 Å². The molecule has 0 aromatic heterocycles. The van der Waals surface area contributed by atoms with Gasteiger partial charge >= 0.3 is 5.97 Å². The van der Waals surface area contributed by atoms with Crippen LogP contribution in [0.15, 0.2) is 24.3 Å². The molecule has 26 heavy (non-hydrogen) atoms. The van der Waals surface area contributed by atoms with Gasteiger partial charge in [-0.25, -0.2) is 0 Å². The highest BCUT2D eigenvalue weighted by Gasteiger charge is 2.48. The van der Waals surface area contributed by atoms with Crippen LogP contribution in [0, 0.1) is 17.8 Å². The number of para-hydroxylation sites is 1. The molecule has 1 aromatic carbocycles. The van der Waals surface area contributed by atoms with Crippen molar-refractivity contribution in [3.05, 3.63) is 29.8 Å². The number of amides is 3. The summed E-state index contributed by atoms with van der Waals surface area (Å²) < 4.78 is 0. The van der Waals surface area contributed by atoms with Crippen molar-refractivity contribution in [1.29, 1.82) is 0 Å². The minimum absolute atomic E-state index is 0.211. The Hall–Kier alpha value is -2.90. The van der Waals surface area contributed by atoms with Crippen molar-refractivity contribution >= 4 is 29.4 Å². The van der Waals surface area contributed by atoms with Crippen LogP contribution in [0.3, 0.4) is 0 Å². The van der Waals surface area contributed by atoms with E-state index in [9.17, 15) is 19.2 Å². The predicted octanol–water partition coefficient (Wildman–Crippen LogP) is 0.683. The van der Waals surface area contributed by atoms with Crippen LogP contribution in [0.25, 0.3) is 0 Å². The van der Waals surface area contributed by atoms with E-state index in [1.54, 1.807) is 29.2 Å². The van der Waals surface area contributed by atoms with E-state index < -0.39 is 17.8 Å². The molecule has 1 saturated heterocycles. The van der Waals surface area contributed by atoms with Crippen LogP contribution in [-0.2, 0) is 14.4 Å². The Morgan fingerprint density at radius 1 is 1.08 bits per heavy atom. The number of hydrogen-bond donors (Lipinski definition) is 3. The SMILES string of the molecule is NC(=O)C1CCN(C(=O)c2ccccc2NC(=O)C2CC2C(=O)O)CC1. The number of carbonyl (C=O) groups excluding carboxylic acids is 3. The van der Waals surface area contributed by atoms with E-state index in [0.717, 1.165) is 0 Å². The van der Waals surface area contributed by atoms with Crippen molar-refractivity contribution in [2.45, 2.75) is 19.3 Å². The molecule has 1 saturated carbocycles. The van der Waals surface area contributed by atoms with Crippen molar-refractivity contribution in [1.82, 2.24) is 4.90 Å². The zero-order chi connectivity index (χ0) is 18.8. The van der Waals surface area contributed by atoms with Gasteiger partial charge < -0.3 is 21.1 Å². The minimum atomic E-state index is -0.980. The largest absolute Gasteiger partial charge is 0.481 e. The maximum atomic E-state index is 12.8. The molecular weight excluding hydrogens is 338 g/mol. The summed E-state index contributed by atoms with van der Waals surface area (Å²) in [6.07, 6.45) is 1.37. The van der Waals surface area contributed by atoms with E-state index in [1.807, 2.05) is 0 Å². The smallest absolute Gasteiger partial charge is 0.307 e. The van der Waals surface area contributed by atoms with Gasteiger partial charge in [-0.05, 0) is 31.4 Å². The molecule has 0 spiro atoms. The number of rotatable bonds is 5. The number of carboxylic acid groups (broad SMARTS) is 1. The second-order valence-electron chi connectivity index (χ2n) is 6.79. The molecule has 1 aliphatic carbocycles. The Labute approximate surface area is 150 Å². The van der Waals surface area contributed by atoms with Crippen molar-refractivity contribution in [2.24, 2.45) is 23.5 Å². The molecule has 8 heteroatoms. The molecule has 2 fully saturated rings. The van der Waals surface area contributed by atoms with Gasteiger partial charge in [-0.2, -0.15) is 0 Å². The van der Waals surface area contributed by atoms with E-state index in [1.165, 1.54) is 0 Å². The lowest BCUT2D eigenvalue weighted by Gasteiger charge is -2.31. The monoisotopic (exact) mass is 359 g/mol. The molecule has 2 aliphatic rings. The number of hydrogen-bond acceptors (Lipinski definition) is 4. The van der Waals surface area contributed by atoms with Crippen molar-refractivity contribution < 1.29 is 24.3 Å². The number of piperidine rings is 1. The molecule has 1 aliphatic heterocycles. The second-order valence-corrected chi connectivity index (χ2v) is 6.79. The predicted molar refractivity (Wildman–Crippen MR) is 92.1 cm³/mol. The van der Waals surface area contributed by atoms with Gasteiger partial charge in [0, 0.05) is 19.0 Å². The number of anilines is 1. The summed E-state index contributed by atoms with van der Waals surface area (Å²) >= 11 is 0. The van der Waals surface area contributed by atoms with Crippen molar-refractivity contribution in [3.8, 4) is 0 Å². The minimum Gasteiger partial charge on any atom is -0.481 e. The number of carbonyl (C=O) groups is 4. The lowest BCUT2D eigenvalue weighted by atomic mass is 9.95. The average Bonchev–Trinajstić information content (AvgIpc) is 3.43. The number of carboxylic acids is 1. The summed E-state index contributed by atoms with van der Waals surface area (Å²) in [4.78, 5) is 48.8. The number of nitrogens with zero attached hydrogens (tertiary/aromatic N) is 1. The van der Waals surface area contributed by atoms with Crippen LogP contribution in [0.5, 0.6) is 0 Å². The molecule has 1 heterocycles. The van der Waals surface area contributed by atoms with Gasteiger partial charge in [-0.15, -0.1) is 0 Å². The average molecular weight is 359 g/mol. The lowest BCUT2D eigenvalue weighted by molar-refractivity contribution is -0.139. The zero-order valence-corrected chi connectivity index (χ0v) is 14.2. The number of nitrogens with two attached hydrogens (primary N) is 1. The first-order valence-electron chi connectivity index (χ1n) is 8.59. The lowest BCUT2D eigenvalue weighted by Crippen LogP contribution is -2.42. The second kappa shape index (κ2) is 7.15. The molecule has 3 amide bonds. The van der Waals surface area contributed by atoms with E-state index in [4.69, 9.17) is 10.8 Å². The molecule has 138 valence electrons. The summed E-state index contributed by atoms with van der Waals surface area (Å²) in [5.41, 5.74) is 6.04. The van der Waals surface area contributed by atoms with Gasteiger partial charge in [-0.3, -0.25) is 19.2 Å². The Bertz CT molecular complexity index is 755. The first kappa shape index (κ1) is 17.9. The van der Waals surface area contributed by atoms with Gasteiger partial charge in [-0.1, -0.05) is 12.1 Å². The summed E-state index contributed by atoms with van der Waals surface area (Å²) in [5, 5.41) is 11.6. The maximum Gasteiger partial charge on any atom is 0.307 e. The third-order valence-electron chi connectivity index (χ3n) is 5.04. The Morgan fingerprint density at radius 3 is 2.31 bits per heavy atom. The summed E-state index contributed by atoms with van der Waals surface area (Å²) in [6.45, 7) is 0.858. The van der Waals surface area contributed by atoms with Crippen LogP contribution in [0.1, 0.15) is 29.6 Å². The fourth-order valence-corrected chi connectivity index (χ4v) is 3.30. The Kier molecular flexibility index (Phi) is 4.92. The first-order valence-corrected chi connectivity index (χ1v) is 8.59. The number of benzene rings is 1. The molecule has 0 radical (unpaired) electrons. The first-order chi connectivity index (χ1) is 12.4. The number of aliphatic carboxylic acids is 1. The normalized spacial score (nSPS) is 22.5. The number of nitrogens with one attached hydrogen (secondary N) is 1. The van der Waals surface area contributed by atoms with Crippen molar-refractivity contribution in [3.63, 3.8) is 0 Å². The quantitative estimate of drug-likeness (QED) is 0.712. The Morgan fingerprint density at radius 2 is 1.73 bits per heavy atom. The highest BCUT2D eigenvalue weighted by Crippen LogP contribution is 2.39. The fraction of sp³-hybridized carbons (Fsp3) is 0.444. The molecule has 1 aromatic rings. The van der Waals surface area contributed by atoms with Crippen LogP contribution in [0.4, 0.5) is 5.69 Å². The van der Waals surface area contributed by atoms with Gasteiger partial charge in [0.05, 0.1) is 23.1 Å². The summed E-state index contributed by atoms with van der Waals surface area (Å²) in [6, 6.07) is 6.66. The van der Waals surface area contributed by atoms with Gasteiger partial charge in [0.15, 0.2) is 0 Å². The van der Waals surface area contributed by atoms with Crippen LogP contribution < -0.4 is 11.1 Å². The van der Waals surface area contributed by atoms with Gasteiger partial charge in [0.1, 0.15) is 0 Å². The molecular formula is C18H21N3O5. The standard InChI is InChI=1S/C18H21N3O5/c19-15(22)10-5-7-21(8-6-10)17(24)11-3-1-2-4-14(11)20-16(23)12-9-13(12)18(25)26/h1-4,10,12-13H,5-9H2,(H2,19,22)(H,20,23)(H,25,26). The summed E-state index contributed by atoms with van der Waals surface area (Å²) in [5.74, 6) is -3.35. The third kappa shape index (κ3) is 3.68. The highest BCUT2D eigenvalue weighted by atomic mass is 16.4. The van der Waals surface area contributed by atoms with Crippen LogP contribution in [0.2, 0.25) is 0 Å². The number of primary amides is 1. The third-order valence-corrected chi connectivity index (χ3v) is 5.04. The van der Waals surface area contributed by atoms with Crippen molar-refractivity contribution in [2.75, 3.05) is 18.4 Å². The van der Waals surface area contributed by atoms with E-state index in [-0.39, 0.29) is 23.6 Å². The van der Waals surface area contributed by atoms with E-state index in [0.29, 0.717) is 43.6 Å². The molecule has 2 unspecified atom stereocenters.